The van der Waals surface area contributed by atoms with E-state index >= 15 is 0 Å². The summed E-state index contributed by atoms with van der Waals surface area (Å²) in [6.45, 7) is 9.72. The maximum atomic E-state index is 13.6. The van der Waals surface area contributed by atoms with Gasteiger partial charge in [-0.3, -0.25) is 0 Å². The molecule has 2 aromatic rings. The number of rotatable bonds is 8. The lowest BCUT2D eigenvalue weighted by atomic mass is 9.87. The molecule has 1 unspecified atom stereocenters. The van der Waals surface area contributed by atoms with Crippen LogP contribution < -0.4 is 9.80 Å². The van der Waals surface area contributed by atoms with Crippen LogP contribution in [0.3, 0.4) is 0 Å². The minimum Gasteiger partial charge on any atom is -0.447 e. The molecule has 0 bridgehead atoms. The van der Waals surface area contributed by atoms with Gasteiger partial charge in [0.1, 0.15) is 0 Å². The minimum atomic E-state index is -4.52. The summed E-state index contributed by atoms with van der Waals surface area (Å²) in [6.07, 6.45) is 1.19. The molecule has 2 saturated heterocycles. The number of carbonyl (C=O) groups is 1. The molecule has 226 valence electrons. The molecule has 1 amide bonds. The Labute approximate surface area is 249 Å². The lowest BCUT2D eigenvalue weighted by Crippen LogP contribution is -2.57. The fourth-order valence-corrected chi connectivity index (χ4v) is 6.86. The summed E-state index contributed by atoms with van der Waals surface area (Å²) in [5.41, 5.74) is 0.567. The average Bonchev–Trinajstić information content (AvgIpc) is 2.94. The van der Waals surface area contributed by atoms with E-state index in [2.05, 4.69) is 4.90 Å². The number of nitrogens with zero attached hydrogens (tertiary/aromatic N) is 5. The van der Waals surface area contributed by atoms with Gasteiger partial charge in [0.25, 0.3) is 0 Å². The van der Waals surface area contributed by atoms with Crippen LogP contribution in [0.5, 0.6) is 0 Å². The molecular formula is C29H39ClF3N5O2S. The molecule has 0 N–H and O–H groups in total. The zero-order valence-corrected chi connectivity index (χ0v) is 25.6. The van der Waals surface area contributed by atoms with E-state index in [0.717, 1.165) is 55.3 Å². The quantitative estimate of drug-likeness (QED) is 0.310. The number of likely N-dealkylation sites (tertiary alicyclic amines) is 1. The number of hydrogen-bond donors (Lipinski definition) is 0. The molecule has 0 saturated carbocycles. The highest BCUT2D eigenvalue weighted by Gasteiger charge is 2.41. The number of piperidine rings is 1. The number of carbonyl (C=O) groups excluding carboxylic acids is 1. The molecule has 3 atom stereocenters. The molecule has 2 fully saturated rings. The number of anilines is 2. The van der Waals surface area contributed by atoms with Gasteiger partial charge in [-0.05, 0) is 63.3 Å². The van der Waals surface area contributed by atoms with Crippen LogP contribution in [-0.4, -0.2) is 69.8 Å². The van der Waals surface area contributed by atoms with Crippen molar-refractivity contribution in [1.29, 1.82) is 0 Å². The predicted molar refractivity (Wildman–Crippen MR) is 159 cm³/mol. The first-order valence-corrected chi connectivity index (χ1v) is 15.8. The minimum absolute atomic E-state index is 0.0260. The molecule has 4 rings (SSSR count). The van der Waals surface area contributed by atoms with Crippen molar-refractivity contribution in [2.24, 2.45) is 0 Å². The third-order valence-electron chi connectivity index (χ3n) is 7.70. The lowest BCUT2D eigenvalue weighted by molar-refractivity contribution is -0.137. The van der Waals surface area contributed by atoms with Gasteiger partial charge >= 0.3 is 12.3 Å². The summed E-state index contributed by atoms with van der Waals surface area (Å²) in [5, 5.41) is 0.0260. The summed E-state index contributed by atoms with van der Waals surface area (Å²) in [5.74, 6) is 2.53. The second-order valence-corrected chi connectivity index (χ2v) is 12.6. The van der Waals surface area contributed by atoms with Gasteiger partial charge in [0.2, 0.25) is 5.95 Å². The van der Waals surface area contributed by atoms with Crippen molar-refractivity contribution in [3.05, 3.63) is 46.7 Å². The second-order valence-electron chi connectivity index (χ2n) is 10.9. The number of aromatic nitrogens is 2. The zero-order valence-electron chi connectivity index (χ0n) is 24.0. The van der Waals surface area contributed by atoms with E-state index in [9.17, 15) is 18.0 Å². The summed E-state index contributed by atoms with van der Waals surface area (Å²) in [6, 6.07) is 3.34. The van der Waals surface area contributed by atoms with E-state index in [1.54, 1.807) is 18.5 Å². The topological polar surface area (TPSA) is 61.8 Å². The highest BCUT2D eigenvalue weighted by molar-refractivity contribution is 7.99. The molecule has 2 aliphatic rings. The Hall–Kier alpha value is -2.40. The Morgan fingerprint density at radius 2 is 1.71 bits per heavy atom. The SMILES string of the molecule is CC[C@@H]1CC(N(Cc2cc(Cl)cc(C(F)(F)F)c2)c2ncc(N3CCSCC3)cn2)C[C@H](CC)N1C(=O)OC(C)C. The Kier molecular flexibility index (Phi) is 10.5. The van der Waals surface area contributed by atoms with Crippen molar-refractivity contribution in [1.82, 2.24) is 14.9 Å². The third kappa shape index (κ3) is 7.91. The van der Waals surface area contributed by atoms with Crippen molar-refractivity contribution in [2.75, 3.05) is 34.4 Å². The van der Waals surface area contributed by atoms with Crippen LogP contribution in [0.4, 0.5) is 29.6 Å². The van der Waals surface area contributed by atoms with Crippen LogP contribution in [0.15, 0.2) is 30.6 Å². The monoisotopic (exact) mass is 613 g/mol. The molecule has 7 nitrogen and oxygen atoms in total. The average molecular weight is 614 g/mol. The first-order valence-electron chi connectivity index (χ1n) is 14.3. The van der Waals surface area contributed by atoms with Crippen LogP contribution >= 0.6 is 23.4 Å². The fourth-order valence-electron chi connectivity index (χ4n) is 5.70. The van der Waals surface area contributed by atoms with Crippen LogP contribution in [-0.2, 0) is 17.5 Å². The van der Waals surface area contributed by atoms with Crippen LogP contribution in [0.2, 0.25) is 5.02 Å². The standard InChI is InChI=1S/C29H39ClF3N5O2S/c1-5-23-14-25(15-24(6-2)38(23)28(39)40-19(3)4)37(18-20-11-21(29(31,32)33)13-22(30)12-20)27-34-16-26(17-35-27)36-7-9-41-10-8-36/h11-13,16-17,19,23-25H,5-10,14-15,18H2,1-4H3/t23-,24+,25?. The number of ether oxygens (including phenoxy) is 1. The molecule has 0 spiro atoms. The van der Waals surface area contributed by atoms with Gasteiger partial charge in [0.05, 0.1) is 29.7 Å². The van der Waals surface area contributed by atoms with E-state index in [4.69, 9.17) is 26.3 Å². The van der Waals surface area contributed by atoms with Crippen molar-refractivity contribution >= 4 is 41.1 Å². The fraction of sp³-hybridized carbons (Fsp3) is 0.621. The Bertz CT molecular complexity index is 1150. The van der Waals surface area contributed by atoms with Gasteiger partial charge in [0, 0.05) is 54.3 Å². The Morgan fingerprint density at radius 1 is 1.10 bits per heavy atom. The summed E-state index contributed by atoms with van der Waals surface area (Å²) < 4.78 is 46.5. The van der Waals surface area contributed by atoms with Crippen LogP contribution in [0, 0.1) is 0 Å². The van der Waals surface area contributed by atoms with Gasteiger partial charge in [-0.2, -0.15) is 24.9 Å². The normalized spacial score (nSPS) is 21.7. The van der Waals surface area contributed by atoms with E-state index in [1.807, 2.05) is 49.3 Å². The van der Waals surface area contributed by atoms with E-state index in [1.165, 1.54) is 0 Å². The summed E-state index contributed by atoms with van der Waals surface area (Å²) >= 11 is 8.07. The van der Waals surface area contributed by atoms with Crippen molar-refractivity contribution in [3.63, 3.8) is 0 Å². The van der Waals surface area contributed by atoms with Gasteiger partial charge in [0.15, 0.2) is 0 Å². The largest absolute Gasteiger partial charge is 0.447 e. The smallest absolute Gasteiger partial charge is 0.416 e. The number of benzene rings is 1. The molecule has 1 aromatic heterocycles. The van der Waals surface area contributed by atoms with Crippen LogP contribution in [0.25, 0.3) is 0 Å². The molecule has 3 heterocycles. The molecule has 2 aliphatic heterocycles. The van der Waals surface area contributed by atoms with Gasteiger partial charge in [-0.1, -0.05) is 25.4 Å². The zero-order chi connectivity index (χ0) is 29.7. The first-order chi connectivity index (χ1) is 19.5. The first kappa shape index (κ1) is 31.5. The lowest BCUT2D eigenvalue weighted by Gasteiger charge is -2.47. The van der Waals surface area contributed by atoms with Gasteiger partial charge < -0.3 is 19.4 Å². The maximum Gasteiger partial charge on any atom is 0.416 e. The van der Waals surface area contributed by atoms with Gasteiger partial charge in [-0.25, -0.2) is 14.8 Å². The Morgan fingerprint density at radius 3 is 2.24 bits per heavy atom. The molecule has 0 aliphatic carbocycles. The highest BCUT2D eigenvalue weighted by atomic mass is 35.5. The number of amides is 1. The third-order valence-corrected chi connectivity index (χ3v) is 8.86. The number of alkyl halides is 3. The van der Waals surface area contributed by atoms with Crippen LogP contribution in [0.1, 0.15) is 64.5 Å². The summed E-state index contributed by atoms with van der Waals surface area (Å²) in [4.78, 5) is 28.6. The van der Waals surface area contributed by atoms with Crippen molar-refractivity contribution < 1.29 is 22.7 Å². The number of halogens is 4. The second kappa shape index (κ2) is 13.7. The van der Waals surface area contributed by atoms with E-state index in [-0.39, 0.29) is 41.9 Å². The number of hydrogen-bond acceptors (Lipinski definition) is 7. The molecule has 1 aromatic carbocycles. The highest BCUT2D eigenvalue weighted by Crippen LogP contribution is 2.36. The predicted octanol–water partition coefficient (Wildman–Crippen LogP) is 7.28. The van der Waals surface area contributed by atoms with Gasteiger partial charge in [-0.15, -0.1) is 0 Å². The molecular weight excluding hydrogens is 575 g/mol. The van der Waals surface area contributed by atoms with E-state index < -0.39 is 11.7 Å². The Balaban J connectivity index is 1.68. The summed E-state index contributed by atoms with van der Waals surface area (Å²) in [7, 11) is 0. The number of thioether (sulfide) groups is 1. The van der Waals surface area contributed by atoms with Crippen molar-refractivity contribution in [2.45, 2.75) is 90.3 Å². The van der Waals surface area contributed by atoms with E-state index in [0.29, 0.717) is 24.4 Å². The maximum absolute atomic E-state index is 13.6. The molecule has 12 heteroatoms. The molecule has 41 heavy (non-hydrogen) atoms. The molecule has 0 radical (unpaired) electrons. The van der Waals surface area contributed by atoms with Crippen molar-refractivity contribution in [3.8, 4) is 0 Å².